The predicted octanol–water partition coefficient (Wildman–Crippen LogP) is 1.21. The van der Waals surface area contributed by atoms with Gasteiger partial charge in [-0.1, -0.05) is 0 Å². The highest BCUT2D eigenvalue weighted by Gasteiger charge is 2.01. The van der Waals surface area contributed by atoms with Crippen LogP contribution in [-0.2, 0) is 16.3 Å². The fourth-order valence-electron chi connectivity index (χ4n) is 0.895. The van der Waals surface area contributed by atoms with Crippen LogP contribution < -0.4 is 0 Å². The molecule has 1 aromatic heterocycles. The zero-order valence-electron chi connectivity index (χ0n) is 7.61. The van der Waals surface area contributed by atoms with Crippen molar-refractivity contribution in [2.45, 2.75) is 20.6 Å². The molecule has 0 aliphatic heterocycles. The zero-order valence-corrected chi connectivity index (χ0v) is 7.61. The quantitative estimate of drug-likeness (QED) is 0.520. The van der Waals surface area contributed by atoms with E-state index in [1.807, 2.05) is 0 Å². The Morgan fingerprint density at radius 2 is 2.15 bits per heavy atom. The fraction of sp³-hybridized carbons (Fsp3) is 0.333. The van der Waals surface area contributed by atoms with E-state index >= 15 is 0 Å². The minimum atomic E-state index is -0.335. The molecule has 1 aromatic rings. The van der Waals surface area contributed by atoms with Gasteiger partial charge in [-0.25, -0.2) is 0 Å². The van der Waals surface area contributed by atoms with Crippen LogP contribution in [0, 0.1) is 0 Å². The Morgan fingerprint density at radius 3 is 2.62 bits per heavy atom. The van der Waals surface area contributed by atoms with Crippen LogP contribution in [0.4, 0.5) is 0 Å². The summed E-state index contributed by atoms with van der Waals surface area (Å²) in [5, 5.41) is 0. The second kappa shape index (κ2) is 3.89. The summed E-state index contributed by atoms with van der Waals surface area (Å²) in [6.45, 7) is 2.99. The first-order valence-electron chi connectivity index (χ1n) is 3.89. The number of hydrogen-bond acceptors (Lipinski definition) is 3. The molecule has 0 radical (unpaired) electrons. The summed E-state index contributed by atoms with van der Waals surface area (Å²) >= 11 is 0. The molecule has 0 bridgehead atoms. The van der Waals surface area contributed by atoms with Crippen LogP contribution in [-0.4, -0.2) is 16.3 Å². The normalized spacial score (nSPS) is 9.69. The molecule has 0 fully saturated rings. The van der Waals surface area contributed by atoms with E-state index in [9.17, 15) is 9.59 Å². The maximum absolute atomic E-state index is 10.9. The number of esters is 1. The van der Waals surface area contributed by atoms with Gasteiger partial charge in [-0.05, 0) is 13.0 Å². The summed E-state index contributed by atoms with van der Waals surface area (Å²) in [6, 6.07) is 1.69. The van der Waals surface area contributed by atoms with Crippen LogP contribution in [0.1, 0.15) is 24.2 Å². The summed E-state index contributed by atoms with van der Waals surface area (Å²) in [6.07, 6.45) is 3.34. The van der Waals surface area contributed by atoms with Crippen molar-refractivity contribution in [3.05, 3.63) is 24.0 Å². The van der Waals surface area contributed by atoms with Crippen molar-refractivity contribution in [1.29, 1.82) is 0 Å². The number of hydrogen-bond donors (Lipinski definition) is 0. The number of carbonyl (C=O) groups excluding carboxylic acids is 2. The summed E-state index contributed by atoms with van der Waals surface area (Å²) in [5.74, 6) is -0.334. The summed E-state index contributed by atoms with van der Waals surface area (Å²) in [5.41, 5.74) is 0.618. The van der Waals surface area contributed by atoms with Gasteiger partial charge in [-0.15, -0.1) is 0 Å². The van der Waals surface area contributed by atoms with E-state index < -0.39 is 0 Å². The van der Waals surface area contributed by atoms with Gasteiger partial charge in [-0.2, -0.15) is 0 Å². The molecule has 1 rings (SSSR count). The second-order valence-corrected chi connectivity index (χ2v) is 2.74. The number of aromatic nitrogens is 1. The third-order valence-electron chi connectivity index (χ3n) is 1.57. The Balaban J connectivity index is 2.59. The van der Waals surface area contributed by atoms with Gasteiger partial charge in [0.2, 0.25) is 0 Å². The van der Waals surface area contributed by atoms with E-state index in [0.29, 0.717) is 5.56 Å². The number of nitrogens with zero attached hydrogens (tertiary/aromatic N) is 1. The molecular weight excluding hydrogens is 170 g/mol. The molecule has 0 atom stereocenters. The summed E-state index contributed by atoms with van der Waals surface area (Å²) in [7, 11) is 0. The highest BCUT2D eigenvalue weighted by Crippen LogP contribution is 2.02. The second-order valence-electron chi connectivity index (χ2n) is 2.74. The molecule has 0 amide bonds. The SMILES string of the molecule is CC(=O)OCn1ccc(C(C)=O)c1. The summed E-state index contributed by atoms with van der Waals surface area (Å²) < 4.78 is 6.37. The first-order valence-corrected chi connectivity index (χ1v) is 3.89. The maximum Gasteiger partial charge on any atom is 0.304 e. The smallest absolute Gasteiger partial charge is 0.304 e. The van der Waals surface area contributed by atoms with Crippen LogP contribution in [0.5, 0.6) is 0 Å². The van der Waals surface area contributed by atoms with E-state index in [2.05, 4.69) is 0 Å². The Labute approximate surface area is 76.1 Å². The van der Waals surface area contributed by atoms with Crippen LogP contribution in [0.25, 0.3) is 0 Å². The van der Waals surface area contributed by atoms with Gasteiger partial charge in [-0.3, -0.25) is 9.59 Å². The first kappa shape index (κ1) is 9.51. The van der Waals surface area contributed by atoms with Crippen molar-refractivity contribution in [3.8, 4) is 0 Å². The van der Waals surface area contributed by atoms with Gasteiger partial charge in [0.05, 0.1) is 0 Å². The lowest BCUT2D eigenvalue weighted by Gasteiger charge is -2.01. The van der Waals surface area contributed by atoms with Gasteiger partial charge in [0.25, 0.3) is 0 Å². The Morgan fingerprint density at radius 1 is 1.46 bits per heavy atom. The minimum absolute atomic E-state index is 0.00146. The lowest BCUT2D eigenvalue weighted by Crippen LogP contribution is -2.04. The first-order chi connectivity index (χ1) is 6.09. The van der Waals surface area contributed by atoms with E-state index in [1.54, 1.807) is 23.0 Å². The Hall–Kier alpha value is -1.58. The van der Waals surface area contributed by atoms with Crippen LogP contribution >= 0.6 is 0 Å². The highest BCUT2D eigenvalue weighted by molar-refractivity contribution is 5.93. The Kier molecular flexibility index (Phi) is 2.84. The van der Waals surface area contributed by atoms with Crippen molar-refractivity contribution in [2.24, 2.45) is 0 Å². The third kappa shape index (κ3) is 2.74. The van der Waals surface area contributed by atoms with Crippen LogP contribution in [0.15, 0.2) is 18.5 Å². The molecule has 1 heterocycles. The molecule has 13 heavy (non-hydrogen) atoms. The number of carbonyl (C=O) groups is 2. The molecule has 0 spiro atoms. The van der Waals surface area contributed by atoms with E-state index in [1.165, 1.54) is 13.8 Å². The van der Waals surface area contributed by atoms with Crippen LogP contribution in [0.2, 0.25) is 0 Å². The largest absolute Gasteiger partial charge is 0.444 e. The molecule has 0 N–H and O–H groups in total. The standard InChI is InChI=1S/C9H11NO3/c1-7(11)9-3-4-10(5-9)6-13-8(2)12/h3-5H,6H2,1-2H3. The van der Waals surface area contributed by atoms with E-state index in [-0.39, 0.29) is 18.5 Å². The molecule has 0 aliphatic rings. The molecular formula is C9H11NO3. The van der Waals surface area contributed by atoms with Crippen molar-refractivity contribution in [2.75, 3.05) is 0 Å². The number of rotatable bonds is 3. The summed E-state index contributed by atoms with van der Waals surface area (Å²) in [4.78, 5) is 21.3. The van der Waals surface area contributed by atoms with Crippen molar-refractivity contribution in [3.63, 3.8) is 0 Å². The van der Waals surface area contributed by atoms with Crippen LogP contribution in [0.3, 0.4) is 0 Å². The lowest BCUT2D eigenvalue weighted by molar-refractivity contribution is -0.144. The average Bonchev–Trinajstić information content (AvgIpc) is 2.48. The molecule has 70 valence electrons. The molecule has 0 saturated heterocycles. The molecule has 0 saturated carbocycles. The van der Waals surface area contributed by atoms with Crippen molar-refractivity contribution in [1.82, 2.24) is 4.57 Å². The number of ketones is 1. The number of Topliss-reactive ketones (excluding diaryl/α,β-unsaturated/α-hetero) is 1. The molecule has 4 heteroatoms. The fourth-order valence-corrected chi connectivity index (χ4v) is 0.895. The zero-order chi connectivity index (χ0) is 9.84. The van der Waals surface area contributed by atoms with Gasteiger partial charge >= 0.3 is 5.97 Å². The van der Waals surface area contributed by atoms with Crippen molar-refractivity contribution < 1.29 is 14.3 Å². The monoisotopic (exact) mass is 181 g/mol. The van der Waals surface area contributed by atoms with Gasteiger partial charge in [0.15, 0.2) is 12.5 Å². The predicted molar refractivity (Wildman–Crippen MR) is 46.2 cm³/mol. The van der Waals surface area contributed by atoms with Gasteiger partial charge < -0.3 is 9.30 Å². The van der Waals surface area contributed by atoms with E-state index in [4.69, 9.17) is 4.74 Å². The highest BCUT2D eigenvalue weighted by atomic mass is 16.5. The van der Waals surface area contributed by atoms with E-state index in [0.717, 1.165) is 0 Å². The average molecular weight is 181 g/mol. The van der Waals surface area contributed by atoms with Gasteiger partial charge in [0.1, 0.15) is 0 Å². The van der Waals surface area contributed by atoms with Gasteiger partial charge in [0, 0.05) is 24.9 Å². The van der Waals surface area contributed by atoms with Crippen molar-refractivity contribution >= 4 is 11.8 Å². The molecule has 0 unspecified atom stereocenters. The number of ether oxygens (including phenoxy) is 1. The molecule has 0 aliphatic carbocycles. The lowest BCUT2D eigenvalue weighted by atomic mass is 10.2. The Bertz CT molecular complexity index is 327. The maximum atomic E-state index is 10.9. The topological polar surface area (TPSA) is 48.3 Å². The molecule has 0 aromatic carbocycles. The minimum Gasteiger partial charge on any atom is -0.444 e. The molecule has 4 nitrogen and oxygen atoms in total. The third-order valence-corrected chi connectivity index (χ3v) is 1.57.